The van der Waals surface area contributed by atoms with E-state index in [0.29, 0.717) is 0 Å². The highest BCUT2D eigenvalue weighted by Gasteiger charge is 2.28. The van der Waals surface area contributed by atoms with Crippen LogP contribution in [0.25, 0.3) is 116 Å². The second-order valence-corrected chi connectivity index (χ2v) is 20.5. The molecule has 354 valence electrons. The van der Waals surface area contributed by atoms with Crippen LogP contribution in [0.15, 0.2) is 164 Å². The number of hydrogen-bond acceptors (Lipinski definition) is 2. The van der Waals surface area contributed by atoms with Gasteiger partial charge in [-0.25, -0.2) is 9.97 Å². The molecular weight excluding hydrogens is 887 g/mol. The first-order chi connectivity index (χ1) is 35.4. The van der Waals surface area contributed by atoms with Crippen LogP contribution in [0.3, 0.4) is 0 Å². The molecule has 13 rings (SSSR count). The Morgan fingerprint density at radius 3 is 0.986 bits per heavy atom. The lowest BCUT2D eigenvalue weighted by Crippen LogP contribution is -2.06. The fourth-order valence-electron chi connectivity index (χ4n) is 12.4. The van der Waals surface area contributed by atoms with Crippen molar-refractivity contribution in [3.63, 3.8) is 0 Å². The number of hydrogen-bond donors (Lipinski definition) is 0. The molecule has 0 fully saturated rings. The summed E-state index contributed by atoms with van der Waals surface area (Å²) in [5, 5.41) is 7.66. The first-order valence-corrected chi connectivity index (χ1v) is 25.6. The maximum absolute atomic E-state index is 5.15. The predicted molar refractivity (Wildman–Crippen MR) is 309 cm³/mol. The zero-order valence-electron chi connectivity index (χ0n) is 43.3. The molecule has 0 atom stereocenters. The number of aromatic nitrogens is 5. The average molecular weight is 944 g/mol. The van der Waals surface area contributed by atoms with Crippen molar-refractivity contribution in [3.8, 4) is 50.7 Å². The topological polar surface area (TPSA) is 40.6 Å². The molecule has 0 unspecified atom stereocenters. The minimum Gasteiger partial charge on any atom is -0.309 e. The Hall–Kier alpha value is -8.54. The van der Waals surface area contributed by atoms with Crippen molar-refractivity contribution in [1.82, 2.24) is 23.7 Å². The van der Waals surface area contributed by atoms with Gasteiger partial charge in [-0.05, 0) is 192 Å². The summed E-state index contributed by atoms with van der Waals surface area (Å²) in [7, 11) is 0. The standard InChI is InChI=1S/C68H57N5/c1-38-35-39(2)70-68(69-38)50-36-57(48-27-31-51(32-28-48)71-59-23-15-11-19-53(59)54-20-12-16-24-60(54)71)67(73-65-46(9)42(5)40(3)44(7)63(65)64-45(8)41(4)43(6)47(10)66(64)73)58(37-50)49-29-33-52(34-30-49)72-61-25-17-13-21-55(61)56-22-14-18-26-62(56)72/h11-37H,1-10H3. The minimum atomic E-state index is 0.717. The molecule has 0 aliphatic carbocycles. The molecule has 73 heavy (non-hydrogen) atoms. The van der Waals surface area contributed by atoms with Gasteiger partial charge in [-0.1, -0.05) is 97.1 Å². The molecule has 5 heteroatoms. The molecule has 0 aliphatic rings. The number of fused-ring (bicyclic) bond motifs is 9. The molecule has 0 radical (unpaired) electrons. The van der Waals surface area contributed by atoms with Gasteiger partial charge in [0.15, 0.2) is 5.82 Å². The predicted octanol–water partition coefficient (Wildman–Crippen LogP) is 17.9. The van der Waals surface area contributed by atoms with Gasteiger partial charge in [0.1, 0.15) is 0 Å². The third-order valence-electron chi connectivity index (χ3n) is 16.6. The largest absolute Gasteiger partial charge is 0.309 e. The summed E-state index contributed by atoms with van der Waals surface area (Å²) >= 11 is 0. The lowest BCUT2D eigenvalue weighted by Gasteiger charge is -2.23. The zero-order valence-corrected chi connectivity index (χ0v) is 43.3. The van der Waals surface area contributed by atoms with Crippen LogP contribution in [-0.2, 0) is 0 Å². The van der Waals surface area contributed by atoms with Crippen LogP contribution in [0.2, 0.25) is 0 Å². The van der Waals surface area contributed by atoms with E-state index in [1.54, 1.807) is 0 Å². The number of nitrogens with zero attached hydrogens (tertiary/aromatic N) is 5. The first kappa shape index (κ1) is 44.4. The van der Waals surface area contributed by atoms with Crippen LogP contribution in [0.4, 0.5) is 0 Å². The Morgan fingerprint density at radius 2 is 0.630 bits per heavy atom. The van der Waals surface area contributed by atoms with Crippen molar-refractivity contribution in [2.45, 2.75) is 69.2 Å². The van der Waals surface area contributed by atoms with Gasteiger partial charge < -0.3 is 13.7 Å². The van der Waals surface area contributed by atoms with Gasteiger partial charge in [0, 0.05) is 71.8 Å². The molecule has 0 amide bonds. The van der Waals surface area contributed by atoms with Crippen molar-refractivity contribution in [2.75, 3.05) is 0 Å². The third kappa shape index (κ3) is 6.54. The van der Waals surface area contributed by atoms with Crippen molar-refractivity contribution in [3.05, 3.63) is 220 Å². The van der Waals surface area contributed by atoms with Crippen LogP contribution in [0, 0.1) is 69.2 Å². The van der Waals surface area contributed by atoms with E-state index >= 15 is 0 Å². The molecule has 4 heterocycles. The lowest BCUT2D eigenvalue weighted by molar-refractivity contribution is 1.06. The van der Waals surface area contributed by atoms with Gasteiger partial charge in [-0.3, -0.25) is 0 Å². The number of aryl methyl sites for hydroxylation is 6. The quantitative estimate of drug-likeness (QED) is 0.167. The minimum absolute atomic E-state index is 0.717. The van der Waals surface area contributed by atoms with Crippen molar-refractivity contribution in [1.29, 1.82) is 0 Å². The van der Waals surface area contributed by atoms with Crippen LogP contribution in [0.1, 0.15) is 55.9 Å². The van der Waals surface area contributed by atoms with Gasteiger partial charge in [-0.2, -0.15) is 0 Å². The van der Waals surface area contributed by atoms with E-state index in [2.05, 4.69) is 247 Å². The molecule has 9 aromatic carbocycles. The highest BCUT2D eigenvalue weighted by molar-refractivity contribution is 6.17. The number of rotatable bonds is 6. The van der Waals surface area contributed by atoms with Crippen molar-refractivity contribution in [2.24, 2.45) is 0 Å². The van der Waals surface area contributed by atoms with Crippen molar-refractivity contribution >= 4 is 65.4 Å². The van der Waals surface area contributed by atoms with Gasteiger partial charge in [0.25, 0.3) is 0 Å². The molecule has 0 saturated heterocycles. The van der Waals surface area contributed by atoms with Gasteiger partial charge in [-0.15, -0.1) is 0 Å². The summed E-state index contributed by atoms with van der Waals surface area (Å²) in [6.07, 6.45) is 0. The molecule has 5 nitrogen and oxygen atoms in total. The first-order valence-electron chi connectivity index (χ1n) is 25.6. The molecule has 0 aliphatic heterocycles. The van der Waals surface area contributed by atoms with E-state index in [1.165, 1.54) is 110 Å². The molecule has 0 N–H and O–H groups in total. The van der Waals surface area contributed by atoms with Gasteiger partial charge in [0.05, 0.1) is 38.8 Å². The number of para-hydroxylation sites is 4. The van der Waals surface area contributed by atoms with E-state index in [4.69, 9.17) is 9.97 Å². The SMILES string of the molecule is Cc1cc(C)nc(-c2cc(-c3ccc(-n4c5ccccc5c5ccccc54)cc3)c(-n3c4c(C)c(C)c(C)c(C)c4c4c(C)c(C)c(C)c(C)c43)c(-c3ccc(-n4c5ccccc5c5ccccc54)cc3)c2)n1. The van der Waals surface area contributed by atoms with Crippen molar-refractivity contribution < 1.29 is 0 Å². The molecule has 13 aromatic rings. The van der Waals surface area contributed by atoms with E-state index in [0.717, 1.165) is 62.1 Å². The third-order valence-corrected chi connectivity index (χ3v) is 16.6. The Balaban J connectivity index is 1.16. The van der Waals surface area contributed by atoms with E-state index in [1.807, 2.05) is 0 Å². The van der Waals surface area contributed by atoms with Crippen LogP contribution < -0.4 is 0 Å². The average Bonchev–Trinajstić information content (AvgIpc) is 4.08. The summed E-state index contributed by atoms with van der Waals surface area (Å²) in [6, 6.07) is 60.3. The Morgan fingerprint density at radius 1 is 0.301 bits per heavy atom. The number of benzene rings is 9. The zero-order chi connectivity index (χ0) is 50.1. The van der Waals surface area contributed by atoms with Crippen LogP contribution in [0.5, 0.6) is 0 Å². The lowest BCUT2D eigenvalue weighted by atomic mass is 9.90. The van der Waals surface area contributed by atoms with Crippen LogP contribution >= 0.6 is 0 Å². The Bertz CT molecular complexity index is 4080. The Labute approximate surface area is 426 Å². The smallest absolute Gasteiger partial charge is 0.159 e. The summed E-state index contributed by atoms with van der Waals surface area (Å²) in [6.45, 7) is 22.7. The molecule has 0 spiro atoms. The van der Waals surface area contributed by atoms with Gasteiger partial charge >= 0.3 is 0 Å². The highest BCUT2D eigenvalue weighted by atomic mass is 15.0. The molecule has 4 aromatic heterocycles. The van der Waals surface area contributed by atoms with E-state index in [-0.39, 0.29) is 0 Å². The molecule has 0 bridgehead atoms. The van der Waals surface area contributed by atoms with E-state index < -0.39 is 0 Å². The fraction of sp³-hybridized carbons (Fsp3) is 0.147. The summed E-state index contributed by atoms with van der Waals surface area (Å²) in [4.78, 5) is 10.3. The maximum Gasteiger partial charge on any atom is 0.159 e. The van der Waals surface area contributed by atoms with Crippen LogP contribution in [-0.4, -0.2) is 23.7 Å². The normalized spacial score (nSPS) is 12.0. The molecular formula is C68H57N5. The fourth-order valence-corrected chi connectivity index (χ4v) is 12.4. The Kier molecular flexibility index (Phi) is 10.0. The van der Waals surface area contributed by atoms with Gasteiger partial charge in [0.2, 0.25) is 0 Å². The monoisotopic (exact) mass is 943 g/mol. The van der Waals surface area contributed by atoms with E-state index in [9.17, 15) is 0 Å². The second-order valence-electron chi connectivity index (χ2n) is 20.5. The second kappa shape index (κ2) is 16.5. The highest BCUT2D eigenvalue weighted by Crippen LogP contribution is 2.49. The summed E-state index contributed by atoms with van der Waals surface area (Å²) in [5.74, 6) is 0.717. The summed E-state index contributed by atoms with van der Waals surface area (Å²) < 4.78 is 7.47. The molecule has 0 saturated carbocycles. The maximum atomic E-state index is 5.15. The summed E-state index contributed by atoms with van der Waals surface area (Å²) in [5.41, 5.74) is 28.6.